The van der Waals surface area contributed by atoms with Gasteiger partial charge < -0.3 is 5.32 Å². The maximum Gasteiger partial charge on any atom is 0.226 e. The van der Waals surface area contributed by atoms with Gasteiger partial charge >= 0.3 is 0 Å². The zero-order chi connectivity index (χ0) is 15.3. The molecule has 0 bridgehead atoms. The second kappa shape index (κ2) is 4.50. The number of nitrogens with zero attached hydrogens (tertiary/aromatic N) is 4. The van der Waals surface area contributed by atoms with Crippen LogP contribution in [0.4, 0.5) is 5.95 Å². The summed E-state index contributed by atoms with van der Waals surface area (Å²) in [6.45, 7) is 4.24. The monoisotopic (exact) mass is 295 g/mol. The van der Waals surface area contributed by atoms with Crippen LogP contribution in [-0.4, -0.2) is 25.5 Å². The number of nitrogens with one attached hydrogen (secondary N) is 1. The number of aromatic nitrogens is 4. The minimum absolute atomic E-state index is 0.0371. The van der Waals surface area contributed by atoms with Crippen molar-refractivity contribution < 1.29 is 4.79 Å². The molecule has 6 nitrogen and oxygen atoms in total. The molecule has 0 saturated carbocycles. The fourth-order valence-corrected chi connectivity index (χ4v) is 3.39. The van der Waals surface area contributed by atoms with E-state index in [-0.39, 0.29) is 17.2 Å². The summed E-state index contributed by atoms with van der Waals surface area (Å²) in [4.78, 5) is 21.2. The Morgan fingerprint density at radius 2 is 2.23 bits per heavy atom. The van der Waals surface area contributed by atoms with Crippen LogP contribution in [0.3, 0.4) is 0 Å². The van der Waals surface area contributed by atoms with Gasteiger partial charge in [-0.1, -0.05) is 19.9 Å². The van der Waals surface area contributed by atoms with Crippen LogP contribution in [0.5, 0.6) is 0 Å². The Bertz CT molecular complexity index is 775. The largest absolute Gasteiger partial charge is 0.328 e. The van der Waals surface area contributed by atoms with Crippen molar-refractivity contribution in [2.75, 3.05) is 5.32 Å². The lowest BCUT2D eigenvalue weighted by atomic mass is 9.73. The quantitative estimate of drug-likeness (QED) is 0.874. The average molecular weight is 295 g/mol. The molecule has 3 heterocycles. The van der Waals surface area contributed by atoms with Gasteiger partial charge in [-0.15, -0.1) is 0 Å². The summed E-state index contributed by atoms with van der Waals surface area (Å²) in [6.07, 6.45) is 6.42. The Kier molecular flexibility index (Phi) is 2.69. The van der Waals surface area contributed by atoms with E-state index >= 15 is 0 Å². The number of hydrogen-bond donors (Lipinski definition) is 1. The minimum Gasteiger partial charge on any atom is -0.328 e. The summed E-state index contributed by atoms with van der Waals surface area (Å²) < 4.78 is 1.77. The van der Waals surface area contributed by atoms with Gasteiger partial charge in [0.25, 0.3) is 0 Å². The smallest absolute Gasteiger partial charge is 0.226 e. The van der Waals surface area contributed by atoms with Gasteiger partial charge in [0.2, 0.25) is 5.95 Å². The van der Waals surface area contributed by atoms with E-state index in [9.17, 15) is 4.79 Å². The van der Waals surface area contributed by atoms with Crippen LogP contribution in [0.2, 0.25) is 0 Å². The highest BCUT2D eigenvalue weighted by molar-refractivity contribution is 6.00. The molecule has 6 heteroatoms. The van der Waals surface area contributed by atoms with Crippen molar-refractivity contribution in [3.05, 3.63) is 47.7 Å². The van der Waals surface area contributed by atoms with Gasteiger partial charge in [-0.05, 0) is 23.5 Å². The Balaban J connectivity index is 1.91. The number of rotatable bonds is 1. The first kappa shape index (κ1) is 13.2. The number of carbonyl (C=O) groups excluding carboxylic acids is 1. The molecule has 0 amide bonds. The number of Topliss-reactive ketones (excluding diaryl/α,β-unsaturated/α-hetero) is 1. The zero-order valence-electron chi connectivity index (χ0n) is 12.6. The predicted molar refractivity (Wildman–Crippen MR) is 81.1 cm³/mol. The molecule has 2 aliphatic rings. The lowest BCUT2D eigenvalue weighted by Crippen LogP contribution is -2.36. The second-order valence-corrected chi connectivity index (χ2v) is 6.68. The van der Waals surface area contributed by atoms with Gasteiger partial charge in [-0.2, -0.15) is 10.1 Å². The van der Waals surface area contributed by atoms with Crippen LogP contribution >= 0.6 is 0 Å². The van der Waals surface area contributed by atoms with Crippen LogP contribution in [0.1, 0.15) is 38.3 Å². The van der Waals surface area contributed by atoms with Crippen molar-refractivity contribution in [2.24, 2.45) is 5.41 Å². The van der Waals surface area contributed by atoms with Crippen molar-refractivity contribution in [1.29, 1.82) is 0 Å². The molecule has 112 valence electrons. The van der Waals surface area contributed by atoms with E-state index in [4.69, 9.17) is 0 Å². The summed E-state index contributed by atoms with van der Waals surface area (Å²) in [7, 11) is 0. The van der Waals surface area contributed by atoms with Gasteiger partial charge in [0.05, 0.1) is 0 Å². The Labute approximate surface area is 128 Å². The molecule has 0 radical (unpaired) electrons. The molecule has 0 aromatic carbocycles. The highest BCUT2D eigenvalue weighted by Gasteiger charge is 2.41. The van der Waals surface area contributed by atoms with E-state index in [1.807, 2.05) is 12.1 Å². The number of hydrogen-bond acceptors (Lipinski definition) is 5. The summed E-state index contributed by atoms with van der Waals surface area (Å²) in [5.74, 6) is 0.854. The molecule has 1 atom stereocenters. The summed E-state index contributed by atoms with van der Waals surface area (Å²) >= 11 is 0. The van der Waals surface area contributed by atoms with Gasteiger partial charge in [0.15, 0.2) is 5.78 Å². The van der Waals surface area contributed by atoms with Crippen molar-refractivity contribution in [2.45, 2.75) is 32.7 Å². The van der Waals surface area contributed by atoms with Crippen molar-refractivity contribution in [1.82, 2.24) is 19.7 Å². The number of pyridine rings is 1. The van der Waals surface area contributed by atoms with Crippen molar-refractivity contribution in [3.8, 4) is 0 Å². The van der Waals surface area contributed by atoms with E-state index in [1.165, 1.54) is 6.33 Å². The standard InChI is InChI=1S/C16H17N5O/c1-16(2)6-11-13(12(22)7-16)14(10-4-3-5-17-8-10)21-15(20-11)18-9-19-21/h3-5,8-9,14H,6-7H2,1-2H3,(H,18,19,20)/t14-/m0/s1. The first-order valence-electron chi connectivity index (χ1n) is 7.38. The Hall–Kier alpha value is -2.50. The third-order valence-corrected chi connectivity index (χ3v) is 4.27. The zero-order valence-corrected chi connectivity index (χ0v) is 12.6. The van der Waals surface area contributed by atoms with Gasteiger partial charge in [0.1, 0.15) is 12.4 Å². The van der Waals surface area contributed by atoms with E-state index in [2.05, 4.69) is 34.2 Å². The Morgan fingerprint density at radius 3 is 3.00 bits per heavy atom. The maximum atomic E-state index is 12.8. The number of fused-ring (bicyclic) bond motifs is 1. The van der Waals surface area contributed by atoms with E-state index < -0.39 is 0 Å². The minimum atomic E-state index is -0.244. The third-order valence-electron chi connectivity index (χ3n) is 4.27. The molecule has 1 aliphatic carbocycles. The molecule has 2 aromatic rings. The van der Waals surface area contributed by atoms with Crippen LogP contribution in [0.15, 0.2) is 42.1 Å². The number of anilines is 1. The fourth-order valence-electron chi connectivity index (χ4n) is 3.39. The molecular formula is C16H17N5O. The average Bonchev–Trinajstić information content (AvgIpc) is 2.92. The number of ketones is 1. The van der Waals surface area contributed by atoms with E-state index in [0.717, 1.165) is 23.3 Å². The molecule has 0 saturated heterocycles. The molecule has 4 rings (SSSR count). The van der Waals surface area contributed by atoms with Crippen LogP contribution < -0.4 is 5.32 Å². The number of carbonyl (C=O) groups is 1. The van der Waals surface area contributed by atoms with Gasteiger partial charge in [0, 0.05) is 30.1 Å². The summed E-state index contributed by atoms with van der Waals surface area (Å²) in [6, 6.07) is 3.61. The molecule has 2 aromatic heterocycles. The SMILES string of the molecule is CC1(C)CC(=O)C2=C(C1)Nc1ncnn1[C@H]2c1cccnc1. The maximum absolute atomic E-state index is 12.8. The fraction of sp³-hybridized carbons (Fsp3) is 0.375. The molecule has 0 fully saturated rings. The van der Waals surface area contributed by atoms with Crippen LogP contribution in [0, 0.1) is 5.41 Å². The normalized spacial score (nSPS) is 22.8. The van der Waals surface area contributed by atoms with Crippen molar-refractivity contribution in [3.63, 3.8) is 0 Å². The van der Waals surface area contributed by atoms with Crippen LogP contribution in [0.25, 0.3) is 0 Å². The van der Waals surface area contributed by atoms with Gasteiger partial charge in [-0.3, -0.25) is 9.78 Å². The molecular weight excluding hydrogens is 278 g/mol. The predicted octanol–water partition coefficient (Wildman–Crippen LogP) is 2.33. The highest BCUT2D eigenvalue weighted by atomic mass is 16.1. The lowest BCUT2D eigenvalue weighted by Gasteiger charge is -2.38. The second-order valence-electron chi connectivity index (χ2n) is 6.68. The molecule has 22 heavy (non-hydrogen) atoms. The summed E-state index contributed by atoms with van der Waals surface area (Å²) in [5.41, 5.74) is 2.68. The van der Waals surface area contributed by atoms with E-state index in [0.29, 0.717) is 12.4 Å². The first-order valence-corrected chi connectivity index (χ1v) is 7.38. The molecule has 0 unspecified atom stereocenters. The topological polar surface area (TPSA) is 72.7 Å². The molecule has 0 spiro atoms. The van der Waals surface area contributed by atoms with E-state index in [1.54, 1.807) is 17.1 Å². The van der Waals surface area contributed by atoms with Crippen molar-refractivity contribution >= 4 is 11.7 Å². The lowest BCUT2D eigenvalue weighted by molar-refractivity contribution is -0.118. The molecule has 1 aliphatic heterocycles. The third kappa shape index (κ3) is 1.94. The highest BCUT2D eigenvalue weighted by Crippen LogP contribution is 2.44. The van der Waals surface area contributed by atoms with Crippen LogP contribution in [-0.2, 0) is 4.79 Å². The summed E-state index contributed by atoms with van der Waals surface area (Å²) in [5, 5.41) is 7.60. The number of allylic oxidation sites excluding steroid dienone is 2. The van der Waals surface area contributed by atoms with Gasteiger partial charge in [-0.25, -0.2) is 4.68 Å². The Morgan fingerprint density at radius 1 is 1.36 bits per heavy atom. The molecule has 1 N–H and O–H groups in total. The first-order chi connectivity index (χ1) is 10.6.